The molecule has 1 heterocycles. The minimum atomic E-state index is 0.764. The standard InChI is InChI=1S/C18H26N2/c1-15-6-4-8-17(14-15)19-11-5-12-20-13-10-16-7-2-3-9-18(16)20/h2-3,7,9-10,13,15,17,19H,4-6,8,11-12,14H2,1H3. The van der Waals surface area contributed by atoms with Crippen LogP contribution < -0.4 is 5.32 Å². The summed E-state index contributed by atoms with van der Waals surface area (Å²) < 4.78 is 2.38. The highest BCUT2D eigenvalue weighted by Gasteiger charge is 2.17. The zero-order chi connectivity index (χ0) is 13.8. The highest BCUT2D eigenvalue weighted by molar-refractivity contribution is 5.79. The summed E-state index contributed by atoms with van der Waals surface area (Å²) in [7, 11) is 0. The van der Waals surface area contributed by atoms with Crippen molar-refractivity contribution < 1.29 is 0 Å². The lowest BCUT2D eigenvalue weighted by Crippen LogP contribution is -2.34. The van der Waals surface area contributed by atoms with Crippen LogP contribution in [0.5, 0.6) is 0 Å². The first-order chi connectivity index (χ1) is 9.83. The summed E-state index contributed by atoms with van der Waals surface area (Å²) in [5.41, 5.74) is 1.36. The van der Waals surface area contributed by atoms with Crippen LogP contribution in [-0.2, 0) is 6.54 Å². The van der Waals surface area contributed by atoms with Gasteiger partial charge in [-0.05, 0) is 49.2 Å². The quantitative estimate of drug-likeness (QED) is 0.806. The van der Waals surface area contributed by atoms with Gasteiger partial charge in [-0.25, -0.2) is 0 Å². The van der Waals surface area contributed by atoms with Gasteiger partial charge in [0.25, 0.3) is 0 Å². The summed E-state index contributed by atoms with van der Waals surface area (Å²) >= 11 is 0. The molecule has 0 spiro atoms. The van der Waals surface area contributed by atoms with Crippen LogP contribution in [0.1, 0.15) is 39.0 Å². The van der Waals surface area contributed by atoms with Crippen LogP contribution in [0.25, 0.3) is 10.9 Å². The number of hydrogen-bond donors (Lipinski definition) is 1. The van der Waals surface area contributed by atoms with Crippen LogP contribution in [0, 0.1) is 5.92 Å². The zero-order valence-corrected chi connectivity index (χ0v) is 12.5. The van der Waals surface area contributed by atoms with Crippen molar-refractivity contribution in [3.8, 4) is 0 Å². The number of para-hydroxylation sites is 1. The third-order valence-corrected chi connectivity index (χ3v) is 4.63. The van der Waals surface area contributed by atoms with E-state index in [4.69, 9.17) is 0 Å². The Labute approximate surface area is 122 Å². The molecule has 3 rings (SSSR count). The first kappa shape index (κ1) is 13.7. The van der Waals surface area contributed by atoms with Crippen LogP contribution >= 0.6 is 0 Å². The predicted molar refractivity (Wildman–Crippen MR) is 86.0 cm³/mol. The molecule has 1 N–H and O–H groups in total. The number of nitrogens with one attached hydrogen (secondary N) is 1. The van der Waals surface area contributed by atoms with Crippen molar-refractivity contribution in [3.05, 3.63) is 36.5 Å². The fraction of sp³-hybridized carbons (Fsp3) is 0.556. The minimum Gasteiger partial charge on any atom is -0.347 e. The topological polar surface area (TPSA) is 17.0 Å². The normalized spacial score (nSPS) is 23.2. The first-order valence-corrected chi connectivity index (χ1v) is 8.10. The van der Waals surface area contributed by atoms with Crippen LogP contribution in [0.4, 0.5) is 0 Å². The monoisotopic (exact) mass is 270 g/mol. The van der Waals surface area contributed by atoms with E-state index >= 15 is 0 Å². The van der Waals surface area contributed by atoms with Gasteiger partial charge in [0.15, 0.2) is 0 Å². The first-order valence-electron chi connectivity index (χ1n) is 8.10. The minimum absolute atomic E-state index is 0.764. The number of rotatable bonds is 5. The van der Waals surface area contributed by atoms with Crippen molar-refractivity contribution in [2.75, 3.05) is 6.54 Å². The molecule has 20 heavy (non-hydrogen) atoms. The summed E-state index contributed by atoms with van der Waals surface area (Å²) in [5.74, 6) is 0.912. The van der Waals surface area contributed by atoms with E-state index in [0.29, 0.717) is 0 Å². The van der Waals surface area contributed by atoms with E-state index in [1.807, 2.05) is 0 Å². The molecule has 0 radical (unpaired) electrons. The smallest absolute Gasteiger partial charge is 0.0480 e. The van der Waals surface area contributed by atoms with Crippen molar-refractivity contribution in [1.82, 2.24) is 9.88 Å². The maximum atomic E-state index is 3.75. The number of nitrogens with zero attached hydrogens (tertiary/aromatic N) is 1. The molecule has 1 aliphatic rings. The van der Waals surface area contributed by atoms with Crippen molar-refractivity contribution >= 4 is 10.9 Å². The Kier molecular flexibility index (Phi) is 4.41. The maximum absolute atomic E-state index is 3.75. The van der Waals surface area contributed by atoms with E-state index < -0.39 is 0 Å². The predicted octanol–water partition coefficient (Wildman–Crippen LogP) is 4.20. The van der Waals surface area contributed by atoms with Gasteiger partial charge < -0.3 is 9.88 Å². The fourth-order valence-corrected chi connectivity index (χ4v) is 3.51. The number of benzene rings is 1. The van der Waals surface area contributed by atoms with Crippen molar-refractivity contribution in [1.29, 1.82) is 0 Å². The molecular weight excluding hydrogens is 244 g/mol. The third kappa shape index (κ3) is 3.24. The molecule has 1 saturated carbocycles. The lowest BCUT2D eigenvalue weighted by Gasteiger charge is -2.27. The van der Waals surface area contributed by atoms with E-state index in [9.17, 15) is 0 Å². The largest absolute Gasteiger partial charge is 0.347 e. The second-order valence-corrected chi connectivity index (χ2v) is 6.34. The maximum Gasteiger partial charge on any atom is 0.0480 e. The SMILES string of the molecule is CC1CCCC(NCCCn2ccc3ccccc32)C1. The highest BCUT2D eigenvalue weighted by atomic mass is 15.0. The molecule has 1 fully saturated rings. The van der Waals surface area contributed by atoms with Crippen molar-refractivity contribution in [2.45, 2.75) is 51.6 Å². The summed E-state index contributed by atoms with van der Waals surface area (Å²) in [4.78, 5) is 0. The van der Waals surface area contributed by atoms with Gasteiger partial charge in [-0.3, -0.25) is 0 Å². The molecule has 2 unspecified atom stereocenters. The Morgan fingerprint density at radius 1 is 1.20 bits per heavy atom. The average Bonchev–Trinajstić information content (AvgIpc) is 2.87. The van der Waals surface area contributed by atoms with E-state index in [1.54, 1.807) is 0 Å². The summed E-state index contributed by atoms with van der Waals surface area (Å²) in [5, 5.41) is 5.10. The highest BCUT2D eigenvalue weighted by Crippen LogP contribution is 2.23. The molecule has 0 amide bonds. The van der Waals surface area contributed by atoms with E-state index in [2.05, 4.69) is 53.3 Å². The van der Waals surface area contributed by atoms with E-state index in [1.165, 1.54) is 43.0 Å². The second-order valence-electron chi connectivity index (χ2n) is 6.34. The summed E-state index contributed by atoms with van der Waals surface area (Å²) in [6.07, 6.45) is 8.99. The number of aromatic nitrogens is 1. The lowest BCUT2D eigenvalue weighted by atomic mass is 9.87. The van der Waals surface area contributed by atoms with Gasteiger partial charge in [0, 0.05) is 24.3 Å². The molecule has 2 nitrogen and oxygen atoms in total. The van der Waals surface area contributed by atoms with Crippen LogP contribution in [0.2, 0.25) is 0 Å². The van der Waals surface area contributed by atoms with Gasteiger partial charge in [-0.2, -0.15) is 0 Å². The fourth-order valence-electron chi connectivity index (χ4n) is 3.51. The van der Waals surface area contributed by atoms with E-state index in [0.717, 1.165) is 25.0 Å². The molecule has 1 aromatic carbocycles. The molecule has 2 heteroatoms. The van der Waals surface area contributed by atoms with Gasteiger partial charge in [-0.1, -0.05) is 38.0 Å². The number of hydrogen-bond acceptors (Lipinski definition) is 1. The molecule has 1 aliphatic carbocycles. The van der Waals surface area contributed by atoms with Gasteiger partial charge in [0.1, 0.15) is 0 Å². The summed E-state index contributed by atoms with van der Waals surface area (Å²) in [6.45, 7) is 4.65. The van der Waals surface area contributed by atoms with Crippen LogP contribution in [-0.4, -0.2) is 17.2 Å². The molecule has 108 valence electrons. The molecule has 0 bridgehead atoms. The van der Waals surface area contributed by atoms with Gasteiger partial charge >= 0.3 is 0 Å². The molecule has 0 aliphatic heterocycles. The molecule has 2 aromatic rings. The van der Waals surface area contributed by atoms with Gasteiger partial charge in [0.2, 0.25) is 0 Å². The van der Waals surface area contributed by atoms with Crippen molar-refractivity contribution in [3.63, 3.8) is 0 Å². The second kappa shape index (κ2) is 6.45. The summed E-state index contributed by atoms with van der Waals surface area (Å²) in [6, 6.07) is 11.6. The van der Waals surface area contributed by atoms with Crippen LogP contribution in [0.15, 0.2) is 36.5 Å². The lowest BCUT2D eigenvalue weighted by molar-refractivity contribution is 0.300. The average molecular weight is 270 g/mol. The Morgan fingerprint density at radius 3 is 3.00 bits per heavy atom. The molecule has 1 aromatic heterocycles. The Morgan fingerprint density at radius 2 is 2.10 bits per heavy atom. The van der Waals surface area contributed by atoms with Crippen LogP contribution in [0.3, 0.4) is 0 Å². The number of fused-ring (bicyclic) bond motifs is 1. The molecule has 0 saturated heterocycles. The zero-order valence-electron chi connectivity index (χ0n) is 12.5. The Balaban J connectivity index is 1.46. The Bertz CT molecular complexity index is 543. The molecule has 2 atom stereocenters. The molecular formula is C18H26N2. The van der Waals surface area contributed by atoms with Crippen molar-refractivity contribution in [2.24, 2.45) is 5.92 Å². The van der Waals surface area contributed by atoms with Gasteiger partial charge in [-0.15, -0.1) is 0 Å². The Hall–Kier alpha value is -1.28. The van der Waals surface area contributed by atoms with E-state index in [-0.39, 0.29) is 0 Å². The number of aryl methyl sites for hydroxylation is 1. The third-order valence-electron chi connectivity index (χ3n) is 4.63. The van der Waals surface area contributed by atoms with Gasteiger partial charge in [0.05, 0.1) is 0 Å².